The van der Waals surface area contributed by atoms with E-state index >= 15 is 0 Å². The molecule has 12 heavy (non-hydrogen) atoms. The third-order valence-corrected chi connectivity index (χ3v) is 2.28. The van der Waals surface area contributed by atoms with Crippen LogP contribution in [0.4, 0.5) is 0 Å². The van der Waals surface area contributed by atoms with Crippen molar-refractivity contribution in [2.75, 3.05) is 13.1 Å². The summed E-state index contributed by atoms with van der Waals surface area (Å²) < 4.78 is 0. The maximum absolute atomic E-state index is 10.9. The number of nitrogens with two attached hydrogens (primary N) is 2. The third kappa shape index (κ3) is 1.76. The zero-order chi connectivity index (χ0) is 9.35. The van der Waals surface area contributed by atoms with Gasteiger partial charge in [0.2, 0.25) is 5.91 Å². The molecule has 1 rings (SSSR count). The van der Waals surface area contributed by atoms with Gasteiger partial charge in [-0.25, -0.2) is 0 Å². The summed E-state index contributed by atoms with van der Waals surface area (Å²) in [5, 5.41) is 0. The van der Waals surface area contributed by atoms with Crippen molar-refractivity contribution in [1.29, 1.82) is 0 Å². The van der Waals surface area contributed by atoms with E-state index in [1.165, 1.54) is 0 Å². The predicted octanol–water partition coefficient (Wildman–Crippen LogP) is -0.717. The standard InChI is InChI=1S/C8H17N3O/c1-3-6(7(9)12)11-4-8(2,10)5-11/h6H,3-5,10H2,1-2H3,(H2,9,12). The molecular weight excluding hydrogens is 154 g/mol. The van der Waals surface area contributed by atoms with Crippen molar-refractivity contribution in [1.82, 2.24) is 4.90 Å². The van der Waals surface area contributed by atoms with E-state index < -0.39 is 0 Å². The van der Waals surface area contributed by atoms with E-state index in [1.54, 1.807) is 0 Å². The van der Waals surface area contributed by atoms with Crippen LogP contribution in [0.25, 0.3) is 0 Å². The summed E-state index contributed by atoms with van der Waals surface area (Å²) in [4.78, 5) is 12.9. The summed E-state index contributed by atoms with van der Waals surface area (Å²) in [6.07, 6.45) is 0.769. The van der Waals surface area contributed by atoms with Crippen LogP contribution in [0.15, 0.2) is 0 Å². The lowest BCUT2D eigenvalue weighted by Crippen LogP contribution is -2.69. The fourth-order valence-corrected chi connectivity index (χ4v) is 1.74. The topological polar surface area (TPSA) is 72.4 Å². The van der Waals surface area contributed by atoms with Crippen molar-refractivity contribution in [3.63, 3.8) is 0 Å². The molecular formula is C8H17N3O. The van der Waals surface area contributed by atoms with E-state index in [2.05, 4.69) is 0 Å². The van der Waals surface area contributed by atoms with E-state index in [0.29, 0.717) is 0 Å². The van der Waals surface area contributed by atoms with Gasteiger partial charge in [0.15, 0.2) is 0 Å². The summed E-state index contributed by atoms with van der Waals surface area (Å²) in [5.74, 6) is -0.243. The summed E-state index contributed by atoms with van der Waals surface area (Å²) in [6, 6.07) is -0.123. The number of hydrogen-bond acceptors (Lipinski definition) is 3. The second-order valence-electron chi connectivity index (χ2n) is 3.89. The molecule has 4 heteroatoms. The zero-order valence-corrected chi connectivity index (χ0v) is 7.71. The van der Waals surface area contributed by atoms with Crippen molar-refractivity contribution in [2.24, 2.45) is 11.5 Å². The molecule has 1 fully saturated rings. The van der Waals surface area contributed by atoms with Crippen LogP contribution in [-0.2, 0) is 4.79 Å². The van der Waals surface area contributed by atoms with Crippen LogP contribution in [-0.4, -0.2) is 35.5 Å². The van der Waals surface area contributed by atoms with Gasteiger partial charge in [0.25, 0.3) is 0 Å². The van der Waals surface area contributed by atoms with Gasteiger partial charge in [0.05, 0.1) is 6.04 Å². The van der Waals surface area contributed by atoms with Gasteiger partial charge in [-0.1, -0.05) is 6.92 Å². The lowest BCUT2D eigenvalue weighted by molar-refractivity contribution is -0.126. The Morgan fingerprint density at radius 3 is 2.42 bits per heavy atom. The van der Waals surface area contributed by atoms with Crippen molar-refractivity contribution in [2.45, 2.75) is 31.8 Å². The minimum absolute atomic E-state index is 0.122. The van der Waals surface area contributed by atoms with Crippen molar-refractivity contribution in [3.05, 3.63) is 0 Å². The highest BCUT2D eigenvalue weighted by Gasteiger charge is 2.39. The Hall–Kier alpha value is -0.610. The molecule has 1 heterocycles. The third-order valence-electron chi connectivity index (χ3n) is 2.28. The Kier molecular flexibility index (Phi) is 2.39. The van der Waals surface area contributed by atoms with Gasteiger partial charge in [0, 0.05) is 18.6 Å². The van der Waals surface area contributed by atoms with Crippen LogP contribution in [0.2, 0.25) is 0 Å². The number of primary amides is 1. The van der Waals surface area contributed by atoms with Gasteiger partial charge in [0.1, 0.15) is 0 Å². The highest BCUT2D eigenvalue weighted by Crippen LogP contribution is 2.21. The Labute approximate surface area is 72.9 Å². The molecule has 1 amide bonds. The molecule has 4 nitrogen and oxygen atoms in total. The molecule has 1 unspecified atom stereocenters. The number of amides is 1. The van der Waals surface area contributed by atoms with Crippen molar-refractivity contribution >= 4 is 5.91 Å². The number of rotatable bonds is 3. The molecule has 1 aliphatic rings. The predicted molar refractivity (Wildman–Crippen MR) is 47.4 cm³/mol. The SMILES string of the molecule is CCC(C(N)=O)N1CC(C)(N)C1. The van der Waals surface area contributed by atoms with Crippen molar-refractivity contribution < 1.29 is 4.79 Å². The average Bonchev–Trinajstić information content (AvgIpc) is 1.84. The van der Waals surface area contributed by atoms with Gasteiger partial charge in [-0.3, -0.25) is 9.69 Å². The van der Waals surface area contributed by atoms with E-state index in [1.807, 2.05) is 18.7 Å². The minimum Gasteiger partial charge on any atom is -0.368 e. The lowest BCUT2D eigenvalue weighted by atomic mass is 9.91. The van der Waals surface area contributed by atoms with E-state index in [4.69, 9.17) is 11.5 Å². The van der Waals surface area contributed by atoms with Gasteiger partial charge in [-0.05, 0) is 13.3 Å². The largest absolute Gasteiger partial charge is 0.368 e. The van der Waals surface area contributed by atoms with Gasteiger partial charge in [-0.15, -0.1) is 0 Å². The molecule has 0 bridgehead atoms. The first-order chi connectivity index (χ1) is 5.46. The number of carbonyl (C=O) groups excluding carboxylic acids is 1. The number of carbonyl (C=O) groups is 1. The van der Waals surface area contributed by atoms with Crippen LogP contribution in [0.5, 0.6) is 0 Å². The molecule has 70 valence electrons. The number of nitrogens with zero attached hydrogens (tertiary/aromatic N) is 1. The molecule has 0 radical (unpaired) electrons. The van der Waals surface area contributed by atoms with E-state index in [-0.39, 0.29) is 17.5 Å². The van der Waals surface area contributed by atoms with Crippen molar-refractivity contribution in [3.8, 4) is 0 Å². The Morgan fingerprint density at radius 1 is 1.67 bits per heavy atom. The maximum Gasteiger partial charge on any atom is 0.234 e. The first-order valence-corrected chi connectivity index (χ1v) is 4.28. The molecule has 0 aromatic rings. The lowest BCUT2D eigenvalue weighted by Gasteiger charge is -2.48. The molecule has 1 saturated heterocycles. The molecule has 4 N–H and O–H groups in total. The highest BCUT2D eigenvalue weighted by atomic mass is 16.1. The fraction of sp³-hybridized carbons (Fsp3) is 0.875. The van der Waals surface area contributed by atoms with E-state index in [9.17, 15) is 4.79 Å². The van der Waals surface area contributed by atoms with Crippen LogP contribution in [0, 0.1) is 0 Å². The summed E-state index contributed by atoms with van der Waals surface area (Å²) >= 11 is 0. The fourth-order valence-electron chi connectivity index (χ4n) is 1.74. The smallest absolute Gasteiger partial charge is 0.234 e. The molecule has 1 aliphatic heterocycles. The highest BCUT2D eigenvalue weighted by molar-refractivity contribution is 5.79. The molecule has 0 aromatic carbocycles. The van der Waals surface area contributed by atoms with Gasteiger partial charge < -0.3 is 11.5 Å². The Bertz CT molecular complexity index is 183. The Morgan fingerprint density at radius 2 is 2.17 bits per heavy atom. The van der Waals surface area contributed by atoms with Crippen LogP contribution in [0.3, 0.4) is 0 Å². The minimum atomic E-state index is -0.243. The first kappa shape index (κ1) is 9.48. The summed E-state index contributed by atoms with van der Waals surface area (Å²) in [7, 11) is 0. The van der Waals surface area contributed by atoms with Gasteiger partial charge in [-0.2, -0.15) is 0 Å². The maximum atomic E-state index is 10.9. The molecule has 0 saturated carbocycles. The second-order valence-corrected chi connectivity index (χ2v) is 3.89. The average molecular weight is 171 g/mol. The quantitative estimate of drug-likeness (QED) is 0.589. The molecule has 0 aliphatic carbocycles. The van der Waals surface area contributed by atoms with Crippen LogP contribution >= 0.6 is 0 Å². The number of likely N-dealkylation sites (tertiary alicyclic amines) is 1. The Balaban J connectivity index is 2.45. The zero-order valence-electron chi connectivity index (χ0n) is 7.71. The number of hydrogen-bond donors (Lipinski definition) is 2. The molecule has 0 spiro atoms. The van der Waals surface area contributed by atoms with Gasteiger partial charge >= 0.3 is 0 Å². The summed E-state index contributed by atoms with van der Waals surface area (Å²) in [5.41, 5.74) is 10.9. The monoisotopic (exact) mass is 171 g/mol. The normalized spacial score (nSPS) is 24.6. The summed E-state index contributed by atoms with van der Waals surface area (Å²) in [6.45, 7) is 5.49. The molecule has 0 aromatic heterocycles. The van der Waals surface area contributed by atoms with Crippen LogP contribution < -0.4 is 11.5 Å². The molecule has 1 atom stereocenters. The van der Waals surface area contributed by atoms with E-state index in [0.717, 1.165) is 19.5 Å². The van der Waals surface area contributed by atoms with Crippen LogP contribution in [0.1, 0.15) is 20.3 Å². The first-order valence-electron chi connectivity index (χ1n) is 4.28. The second kappa shape index (κ2) is 3.03.